The van der Waals surface area contributed by atoms with E-state index in [-0.39, 0.29) is 6.04 Å². The van der Waals surface area contributed by atoms with Crippen LogP contribution in [-0.2, 0) is 0 Å². The minimum absolute atomic E-state index is 0.268. The molecule has 0 aliphatic heterocycles. The highest BCUT2D eigenvalue weighted by Gasteiger charge is 2.21. The van der Waals surface area contributed by atoms with Crippen LogP contribution >= 0.6 is 38.6 Å². The summed E-state index contributed by atoms with van der Waals surface area (Å²) in [6, 6.07) is 11.1. The maximum absolute atomic E-state index is 3.71. The predicted molar refractivity (Wildman–Crippen MR) is 94.1 cm³/mol. The van der Waals surface area contributed by atoms with Gasteiger partial charge in [0.25, 0.3) is 0 Å². The maximum atomic E-state index is 3.71. The number of hydrogen-bond donors (Lipinski definition) is 1. The number of benzene rings is 1. The van der Waals surface area contributed by atoms with Crippen molar-refractivity contribution >= 4 is 48.7 Å². The number of hydrogen-bond acceptors (Lipinski definition) is 3. The second kappa shape index (κ2) is 5.98. The molecular formula is C16H16BrNS2. The van der Waals surface area contributed by atoms with Crippen LogP contribution in [0.2, 0.25) is 0 Å². The lowest BCUT2D eigenvalue weighted by Crippen LogP contribution is -2.21. The van der Waals surface area contributed by atoms with Crippen molar-refractivity contribution in [2.45, 2.75) is 19.9 Å². The second-order valence-electron chi connectivity index (χ2n) is 4.75. The molecule has 0 aliphatic carbocycles. The highest BCUT2D eigenvalue weighted by molar-refractivity contribution is 9.10. The van der Waals surface area contributed by atoms with Crippen molar-refractivity contribution in [3.63, 3.8) is 0 Å². The lowest BCUT2D eigenvalue weighted by atomic mass is 10.0. The first-order chi connectivity index (χ1) is 9.70. The molecule has 0 fully saturated rings. The van der Waals surface area contributed by atoms with Gasteiger partial charge in [-0.05, 0) is 57.9 Å². The van der Waals surface area contributed by atoms with E-state index in [0.29, 0.717) is 0 Å². The highest BCUT2D eigenvalue weighted by atomic mass is 79.9. The molecule has 1 nitrogen and oxygen atoms in total. The van der Waals surface area contributed by atoms with E-state index in [4.69, 9.17) is 0 Å². The van der Waals surface area contributed by atoms with E-state index in [2.05, 4.69) is 70.8 Å². The van der Waals surface area contributed by atoms with E-state index in [0.717, 1.165) is 6.54 Å². The van der Waals surface area contributed by atoms with Gasteiger partial charge < -0.3 is 5.32 Å². The average Bonchev–Trinajstić information content (AvgIpc) is 3.00. The first-order valence-electron chi connectivity index (χ1n) is 6.66. The molecule has 20 heavy (non-hydrogen) atoms. The number of rotatable bonds is 4. The standard InChI is InChI=1S/C16H16BrNS2/c1-3-18-15(16-13(17)8-10(2)20-16)12-9-19-14-7-5-4-6-11(12)14/h4-9,15,18H,3H2,1-2H3. The molecule has 3 aromatic rings. The Labute approximate surface area is 135 Å². The van der Waals surface area contributed by atoms with E-state index < -0.39 is 0 Å². The van der Waals surface area contributed by atoms with Gasteiger partial charge in [0.05, 0.1) is 6.04 Å². The van der Waals surface area contributed by atoms with E-state index in [9.17, 15) is 0 Å². The van der Waals surface area contributed by atoms with E-state index in [1.165, 1.54) is 29.9 Å². The minimum atomic E-state index is 0.268. The molecule has 1 atom stereocenters. The summed E-state index contributed by atoms with van der Waals surface area (Å²) in [5, 5.41) is 7.29. The molecule has 0 saturated carbocycles. The fraction of sp³-hybridized carbons (Fsp3) is 0.250. The summed E-state index contributed by atoms with van der Waals surface area (Å²) in [5.41, 5.74) is 1.38. The molecule has 0 radical (unpaired) electrons. The molecule has 0 amide bonds. The number of nitrogens with one attached hydrogen (secondary N) is 1. The van der Waals surface area contributed by atoms with Crippen LogP contribution in [0.3, 0.4) is 0 Å². The van der Waals surface area contributed by atoms with Crippen molar-refractivity contribution in [1.82, 2.24) is 5.32 Å². The Morgan fingerprint density at radius 3 is 2.80 bits per heavy atom. The van der Waals surface area contributed by atoms with Crippen molar-refractivity contribution in [3.8, 4) is 0 Å². The van der Waals surface area contributed by atoms with Crippen LogP contribution in [0.25, 0.3) is 10.1 Å². The van der Waals surface area contributed by atoms with Gasteiger partial charge in [0.15, 0.2) is 0 Å². The van der Waals surface area contributed by atoms with E-state index in [1.54, 1.807) is 0 Å². The molecule has 2 heterocycles. The quantitative estimate of drug-likeness (QED) is 0.622. The average molecular weight is 366 g/mol. The Balaban J connectivity index is 2.13. The van der Waals surface area contributed by atoms with Gasteiger partial charge >= 0.3 is 0 Å². The molecule has 0 saturated heterocycles. The minimum Gasteiger partial charge on any atom is -0.306 e. The molecule has 0 spiro atoms. The zero-order chi connectivity index (χ0) is 14.1. The summed E-state index contributed by atoms with van der Waals surface area (Å²) >= 11 is 7.40. The Kier molecular flexibility index (Phi) is 4.26. The monoisotopic (exact) mass is 365 g/mol. The fourth-order valence-electron chi connectivity index (χ4n) is 2.47. The molecule has 4 heteroatoms. The van der Waals surface area contributed by atoms with Crippen molar-refractivity contribution in [2.24, 2.45) is 0 Å². The summed E-state index contributed by atoms with van der Waals surface area (Å²) < 4.78 is 2.57. The number of aryl methyl sites for hydroxylation is 1. The molecule has 0 aliphatic rings. The van der Waals surface area contributed by atoms with Crippen LogP contribution in [0.4, 0.5) is 0 Å². The predicted octanol–water partition coefficient (Wildman–Crippen LogP) is 5.73. The summed E-state index contributed by atoms with van der Waals surface area (Å²) in [6.07, 6.45) is 0. The van der Waals surface area contributed by atoms with Crippen molar-refractivity contribution < 1.29 is 0 Å². The summed E-state index contributed by atoms with van der Waals surface area (Å²) in [7, 11) is 0. The van der Waals surface area contributed by atoms with Crippen molar-refractivity contribution in [3.05, 3.63) is 55.5 Å². The first kappa shape index (κ1) is 14.3. The van der Waals surface area contributed by atoms with Gasteiger partial charge in [0.1, 0.15) is 0 Å². The molecule has 1 unspecified atom stereocenters. The van der Waals surface area contributed by atoms with Gasteiger partial charge in [-0.2, -0.15) is 0 Å². The second-order valence-corrected chi connectivity index (χ2v) is 7.80. The molecule has 104 valence electrons. The maximum Gasteiger partial charge on any atom is 0.0696 e. The third-order valence-electron chi connectivity index (χ3n) is 3.33. The largest absolute Gasteiger partial charge is 0.306 e. The third-order valence-corrected chi connectivity index (χ3v) is 6.34. The normalized spacial score (nSPS) is 12.9. The van der Waals surface area contributed by atoms with Crippen LogP contribution in [0.15, 0.2) is 40.2 Å². The third kappa shape index (κ3) is 2.58. The zero-order valence-corrected chi connectivity index (χ0v) is 14.7. The Bertz CT molecular complexity index is 729. The molecule has 1 N–H and O–H groups in total. The van der Waals surface area contributed by atoms with Gasteiger partial charge in [-0.1, -0.05) is 25.1 Å². The highest BCUT2D eigenvalue weighted by Crippen LogP contribution is 2.39. The molecular weight excluding hydrogens is 350 g/mol. The Morgan fingerprint density at radius 1 is 1.30 bits per heavy atom. The molecule has 1 aromatic carbocycles. The lowest BCUT2D eigenvalue weighted by Gasteiger charge is -2.17. The van der Waals surface area contributed by atoms with Gasteiger partial charge in [0, 0.05) is 18.9 Å². The van der Waals surface area contributed by atoms with Gasteiger partial charge in [-0.25, -0.2) is 0 Å². The van der Waals surface area contributed by atoms with Crippen molar-refractivity contribution in [2.75, 3.05) is 6.54 Å². The Morgan fingerprint density at radius 2 is 2.10 bits per heavy atom. The first-order valence-corrected chi connectivity index (χ1v) is 9.15. The van der Waals surface area contributed by atoms with Crippen LogP contribution in [0, 0.1) is 6.92 Å². The smallest absolute Gasteiger partial charge is 0.0696 e. The number of thiophene rings is 2. The Hall–Kier alpha value is -0.680. The SMILES string of the molecule is CCNC(c1sc(C)cc1Br)c1csc2ccccc12. The van der Waals surface area contributed by atoms with E-state index in [1.807, 2.05) is 22.7 Å². The van der Waals surface area contributed by atoms with Crippen LogP contribution < -0.4 is 5.32 Å². The number of fused-ring (bicyclic) bond motifs is 1. The van der Waals surface area contributed by atoms with Gasteiger partial charge in [-0.15, -0.1) is 22.7 Å². The summed E-state index contributed by atoms with van der Waals surface area (Å²) in [6.45, 7) is 5.28. The summed E-state index contributed by atoms with van der Waals surface area (Å²) in [4.78, 5) is 2.71. The molecule has 3 rings (SSSR count). The lowest BCUT2D eigenvalue weighted by molar-refractivity contribution is 0.643. The van der Waals surface area contributed by atoms with Gasteiger partial charge in [0.2, 0.25) is 0 Å². The topological polar surface area (TPSA) is 12.0 Å². The van der Waals surface area contributed by atoms with E-state index >= 15 is 0 Å². The van der Waals surface area contributed by atoms with Crippen LogP contribution in [0.1, 0.15) is 28.3 Å². The summed E-state index contributed by atoms with van der Waals surface area (Å²) in [5.74, 6) is 0. The van der Waals surface area contributed by atoms with Gasteiger partial charge in [-0.3, -0.25) is 0 Å². The number of halogens is 1. The van der Waals surface area contributed by atoms with Crippen LogP contribution in [0.5, 0.6) is 0 Å². The zero-order valence-electron chi connectivity index (χ0n) is 11.4. The fourth-order valence-corrected chi connectivity index (χ4v) is 5.43. The molecule has 0 bridgehead atoms. The van der Waals surface area contributed by atoms with Crippen molar-refractivity contribution in [1.29, 1.82) is 0 Å². The van der Waals surface area contributed by atoms with Crippen LogP contribution in [-0.4, -0.2) is 6.54 Å². The molecule has 2 aromatic heterocycles.